The summed E-state index contributed by atoms with van der Waals surface area (Å²) in [6.45, 7) is 14.7. The van der Waals surface area contributed by atoms with E-state index in [2.05, 4.69) is 60.2 Å². The third-order valence-electron chi connectivity index (χ3n) is 5.72. The van der Waals surface area contributed by atoms with Crippen LogP contribution in [0.15, 0.2) is 54.6 Å². The second-order valence-corrected chi connectivity index (χ2v) is 12.5. The zero-order chi connectivity index (χ0) is 26.6. The first-order chi connectivity index (χ1) is 16.2. The van der Waals surface area contributed by atoms with Gasteiger partial charge >= 0.3 is 204 Å². The smallest absolute Gasteiger partial charge is 0.162 e. The summed E-state index contributed by atoms with van der Waals surface area (Å²) in [4.78, 5) is 0. The van der Waals surface area contributed by atoms with Gasteiger partial charge in [0.1, 0.15) is 0 Å². The number of phenolic OH excluding ortho intramolecular Hbond substituents is 2. The summed E-state index contributed by atoms with van der Waals surface area (Å²) in [6.07, 6.45) is 2.14. The van der Waals surface area contributed by atoms with Gasteiger partial charge in [-0.25, -0.2) is 0 Å². The van der Waals surface area contributed by atoms with E-state index in [1.807, 2.05) is 74.0 Å². The SMILES string of the molecule is C[C](=[Mo])[CH-]c1c(-c2cccc(C(C)(C)C)c2O)cccc1-c1cccc(C(C)(C)C)c1O.C[N-]C. The largest absolute Gasteiger partial charge is 0.668 e. The topological polar surface area (TPSA) is 54.6 Å². The molecule has 3 aromatic rings. The van der Waals surface area contributed by atoms with Gasteiger partial charge in [-0.3, -0.25) is 0 Å². The third-order valence-corrected chi connectivity index (χ3v) is 6.01. The van der Waals surface area contributed by atoms with Gasteiger partial charge in [-0.2, -0.15) is 14.1 Å². The number of benzene rings is 3. The average Bonchev–Trinajstić information content (AvgIpc) is 2.73. The zero-order valence-electron chi connectivity index (χ0n) is 22.5. The molecule has 0 unspecified atom stereocenters. The summed E-state index contributed by atoms with van der Waals surface area (Å²) in [5.41, 5.74) is 6.01. The molecule has 188 valence electrons. The van der Waals surface area contributed by atoms with Gasteiger partial charge in [0, 0.05) is 0 Å². The van der Waals surface area contributed by atoms with E-state index in [0.717, 1.165) is 42.8 Å². The number of para-hydroxylation sites is 2. The normalized spacial score (nSPS) is 11.5. The minimum atomic E-state index is -0.172. The number of aromatic hydroxyl groups is 2. The van der Waals surface area contributed by atoms with Crippen molar-refractivity contribution in [2.45, 2.75) is 59.3 Å². The summed E-state index contributed by atoms with van der Waals surface area (Å²) >= 11 is 1.99. The Hall–Kier alpha value is -2.35. The van der Waals surface area contributed by atoms with E-state index in [1.165, 1.54) is 0 Å². The summed E-state index contributed by atoms with van der Waals surface area (Å²) in [7, 11) is 3.50. The van der Waals surface area contributed by atoms with Crippen molar-refractivity contribution in [3.63, 3.8) is 0 Å². The van der Waals surface area contributed by atoms with Gasteiger partial charge in [0.2, 0.25) is 0 Å². The predicted octanol–water partition coefficient (Wildman–Crippen LogP) is 7.94. The fourth-order valence-corrected chi connectivity index (χ4v) is 4.42. The van der Waals surface area contributed by atoms with Crippen molar-refractivity contribution >= 4 is 3.90 Å². The molecule has 0 radical (unpaired) electrons. The number of rotatable bonds is 4. The second-order valence-electron chi connectivity index (χ2n) is 10.9. The number of phenols is 2. The molecule has 0 spiro atoms. The van der Waals surface area contributed by atoms with Crippen LogP contribution >= 0.6 is 0 Å². The first-order valence-electron chi connectivity index (χ1n) is 11.9. The van der Waals surface area contributed by atoms with E-state index < -0.39 is 0 Å². The van der Waals surface area contributed by atoms with E-state index in [4.69, 9.17) is 0 Å². The first-order valence-corrected chi connectivity index (χ1v) is 12.9. The van der Waals surface area contributed by atoms with Crippen molar-refractivity contribution in [2.24, 2.45) is 0 Å². The maximum absolute atomic E-state index is 11.2. The molecule has 0 aliphatic rings. The van der Waals surface area contributed by atoms with Crippen LogP contribution in [0.4, 0.5) is 0 Å². The van der Waals surface area contributed by atoms with Crippen LogP contribution in [0.3, 0.4) is 0 Å². The van der Waals surface area contributed by atoms with Gasteiger partial charge in [0.25, 0.3) is 0 Å². The zero-order valence-corrected chi connectivity index (χ0v) is 24.5. The maximum Gasteiger partial charge on any atom is -0.162 e. The first kappa shape index (κ1) is 28.9. The molecular weight excluding hydrogens is 514 g/mol. The molecule has 0 amide bonds. The predicted molar refractivity (Wildman–Crippen MR) is 147 cm³/mol. The van der Waals surface area contributed by atoms with Gasteiger partial charge in [-0.05, 0) is 0 Å². The molecule has 0 aromatic heterocycles. The van der Waals surface area contributed by atoms with Gasteiger partial charge in [0.05, 0.1) is 0 Å². The molecule has 0 bridgehead atoms. The number of hydrogen-bond donors (Lipinski definition) is 2. The standard InChI is InChI=1S/C29H33O2.C2H6N.Mo/c1-8-12-19-20(22-15-10-17-24(26(22)30)28(2,3)4)13-9-14-21(19)23-16-11-18-25(27(23)31)29(5,6)7;1-3-2;/h9-18,30-31H,1-7H3;1-2H3;/q2*-1;. The van der Waals surface area contributed by atoms with Gasteiger partial charge in [0.15, 0.2) is 0 Å². The molecule has 0 saturated heterocycles. The van der Waals surface area contributed by atoms with Crippen LogP contribution in [0, 0.1) is 6.42 Å². The monoisotopic (exact) mass is 555 g/mol. The Bertz CT molecular complexity index is 1100. The quantitative estimate of drug-likeness (QED) is 0.255. The van der Waals surface area contributed by atoms with Crippen molar-refractivity contribution in [1.29, 1.82) is 0 Å². The van der Waals surface area contributed by atoms with E-state index in [1.54, 1.807) is 14.1 Å². The van der Waals surface area contributed by atoms with E-state index in [-0.39, 0.29) is 10.8 Å². The van der Waals surface area contributed by atoms with Crippen molar-refractivity contribution in [2.75, 3.05) is 14.1 Å². The van der Waals surface area contributed by atoms with Crippen LogP contribution in [-0.4, -0.2) is 28.2 Å². The fraction of sp³-hybridized carbons (Fsp3) is 0.355. The van der Waals surface area contributed by atoms with Gasteiger partial charge in [-0.15, -0.1) is 0 Å². The van der Waals surface area contributed by atoms with Crippen molar-refractivity contribution in [1.82, 2.24) is 0 Å². The molecule has 3 aromatic carbocycles. The Morgan fingerprint density at radius 3 is 1.31 bits per heavy atom. The Morgan fingerprint density at radius 2 is 1.00 bits per heavy atom. The molecule has 35 heavy (non-hydrogen) atoms. The molecule has 4 heteroatoms. The summed E-state index contributed by atoms with van der Waals surface area (Å²) in [5.74, 6) is 0.628. The molecule has 0 atom stereocenters. The fourth-order valence-electron chi connectivity index (χ4n) is 4.13. The van der Waals surface area contributed by atoms with Crippen LogP contribution in [0.2, 0.25) is 0 Å². The van der Waals surface area contributed by atoms with Crippen LogP contribution < -0.4 is 0 Å². The summed E-state index contributed by atoms with van der Waals surface area (Å²) in [5, 5.41) is 26.0. The Balaban J connectivity index is 0.00000137. The molecular formula is C31H39MoNO2-2. The van der Waals surface area contributed by atoms with Crippen LogP contribution in [0.1, 0.15) is 65.2 Å². The van der Waals surface area contributed by atoms with Crippen LogP contribution in [0.5, 0.6) is 11.5 Å². The van der Waals surface area contributed by atoms with E-state index >= 15 is 0 Å². The number of nitrogens with zero attached hydrogens (tertiary/aromatic N) is 1. The molecule has 0 aliphatic heterocycles. The third kappa shape index (κ3) is 6.87. The molecule has 0 heterocycles. The molecule has 0 aliphatic carbocycles. The minimum Gasteiger partial charge on any atom is -0.668 e. The minimum absolute atomic E-state index is 0.172. The molecule has 2 N–H and O–H groups in total. The van der Waals surface area contributed by atoms with Crippen molar-refractivity contribution in [3.8, 4) is 33.8 Å². The van der Waals surface area contributed by atoms with Crippen molar-refractivity contribution in [3.05, 3.63) is 83.0 Å². The van der Waals surface area contributed by atoms with Crippen LogP contribution in [0.25, 0.3) is 27.6 Å². The van der Waals surface area contributed by atoms with Crippen molar-refractivity contribution < 1.29 is 29.6 Å². The molecule has 3 rings (SSSR count). The molecule has 0 fully saturated rings. The average molecular weight is 554 g/mol. The van der Waals surface area contributed by atoms with Gasteiger partial charge < -0.3 is 5.32 Å². The molecule has 0 saturated carbocycles. The van der Waals surface area contributed by atoms with E-state index in [0.29, 0.717) is 11.5 Å². The Labute approximate surface area is 223 Å². The van der Waals surface area contributed by atoms with Crippen LogP contribution in [-0.2, 0) is 30.2 Å². The number of hydrogen-bond acceptors (Lipinski definition) is 2. The Morgan fingerprint density at radius 1 is 0.686 bits per heavy atom. The Kier molecular flexibility index (Phi) is 9.56. The van der Waals surface area contributed by atoms with Gasteiger partial charge in [-0.1, -0.05) is 0 Å². The second kappa shape index (κ2) is 11.6. The summed E-state index contributed by atoms with van der Waals surface area (Å²) in [6, 6.07) is 18.0. The maximum atomic E-state index is 11.2. The summed E-state index contributed by atoms with van der Waals surface area (Å²) < 4.78 is 1.16. The molecule has 3 nitrogen and oxygen atoms in total. The van der Waals surface area contributed by atoms with E-state index in [9.17, 15) is 10.2 Å².